The van der Waals surface area contributed by atoms with Crippen LogP contribution in [0.25, 0.3) is 11.3 Å². The summed E-state index contributed by atoms with van der Waals surface area (Å²) >= 11 is 0. The highest BCUT2D eigenvalue weighted by atomic mass is 32.2. The van der Waals surface area contributed by atoms with Crippen LogP contribution in [0.2, 0.25) is 0 Å². The highest BCUT2D eigenvalue weighted by Crippen LogP contribution is 2.31. The first-order chi connectivity index (χ1) is 14.3. The predicted molar refractivity (Wildman–Crippen MR) is 113 cm³/mol. The van der Waals surface area contributed by atoms with Crippen molar-refractivity contribution in [3.05, 3.63) is 59.9 Å². The van der Waals surface area contributed by atoms with E-state index < -0.39 is 15.7 Å². The molecular weight excluding hydrogens is 404 g/mol. The molecule has 1 aliphatic rings. The number of nitrogens with zero attached hydrogens (tertiary/aromatic N) is 3. The summed E-state index contributed by atoms with van der Waals surface area (Å²) in [5.41, 5.74) is 2.69. The minimum atomic E-state index is -3.11. The van der Waals surface area contributed by atoms with E-state index in [1.54, 1.807) is 30.1 Å². The summed E-state index contributed by atoms with van der Waals surface area (Å²) in [4.78, 5) is 17.0. The minimum Gasteiger partial charge on any atom is -0.497 e. The zero-order chi connectivity index (χ0) is 21.3. The SMILES string of the molecule is COc1ccc(-c2cc(C(=O)Nc3ccc(C)cn3)nn2[C@@H]2CCS(=O)(=O)C2)cc1. The van der Waals surface area contributed by atoms with Gasteiger partial charge in [0.1, 0.15) is 11.6 Å². The van der Waals surface area contributed by atoms with Gasteiger partial charge in [-0.3, -0.25) is 9.48 Å². The predicted octanol–water partition coefficient (Wildman–Crippen LogP) is 2.87. The summed E-state index contributed by atoms with van der Waals surface area (Å²) in [6.45, 7) is 1.91. The molecule has 2 aromatic heterocycles. The fourth-order valence-corrected chi connectivity index (χ4v) is 5.14. The first-order valence-corrected chi connectivity index (χ1v) is 11.4. The fraction of sp³-hybridized carbons (Fsp3) is 0.286. The van der Waals surface area contributed by atoms with E-state index in [9.17, 15) is 13.2 Å². The third-order valence-electron chi connectivity index (χ3n) is 5.06. The summed E-state index contributed by atoms with van der Waals surface area (Å²) in [5.74, 6) is 0.860. The van der Waals surface area contributed by atoms with Crippen molar-refractivity contribution in [2.24, 2.45) is 0 Å². The molecule has 3 heterocycles. The average Bonchev–Trinajstić information content (AvgIpc) is 3.33. The van der Waals surface area contributed by atoms with Crippen molar-refractivity contribution in [2.75, 3.05) is 23.9 Å². The number of hydrogen-bond acceptors (Lipinski definition) is 6. The second-order valence-corrected chi connectivity index (χ2v) is 9.55. The maximum absolute atomic E-state index is 12.8. The topological polar surface area (TPSA) is 103 Å². The molecule has 156 valence electrons. The van der Waals surface area contributed by atoms with Crippen molar-refractivity contribution in [3.8, 4) is 17.0 Å². The second kappa shape index (κ2) is 7.91. The summed E-state index contributed by atoms with van der Waals surface area (Å²) < 4.78 is 30.9. The van der Waals surface area contributed by atoms with Crippen molar-refractivity contribution in [2.45, 2.75) is 19.4 Å². The Kier molecular flexibility index (Phi) is 5.29. The van der Waals surface area contributed by atoms with Gasteiger partial charge in [0.15, 0.2) is 15.5 Å². The average molecular weight is 426 g/mol. The third-order valence-corrected chi connectivity index (χ3v) is 6.81. The number of amides is 1. The number of carbonyl (C=O) groups is 1. The van der Waals surface area contributed by atoms with Gasteiger partial charge >= 0.3 is 0 Å². The molecule has 4 rings (SSSR count). The second-order valence-electron chi connectivity index (χ2n) is 7.32. The standard InChI is InChI=1S/C21H22N4O4S/c1-14-3-8-20(22-12-14)23-21(26)18-11-19(15-4-6-17(29-2)7-5-15)25(24-18)16-9-10-30(27,28)13-16/h3-8,11-12,16H,9-10,13H2,1-2H3,(H,22,23,26)/t16-/m1/s1. The number of carbonyl (C=O) groups excluding carboxylic acids is 1. The van der Waals surface area contributed by atoms with Gasteiger partial charge in [0, 0.05) is 11.8 Å². The number of anilines is 1. The van der Waals surface area contributed by atoms with Crippen LogP contribution in [0.15, 0.2) is 48.7 Å². The molecule has 1 aliphatic heterocycles. The van der Waals surface area contributed by atoms with Gasteiger partial charge in [0.05, 0.1) is 30.4 Å². The summed E-state index contributed by atoms with van der Waals surface area (Å²) in [7, 11) is -1.52. The lowest BCUT2D eigenvalue weighted by molar-refractivity contribution is 0.102. The van der Waals surface area contributed by atoms with Crippen LogP contribution in [0, 0.1) is 6.92 Å². The molecule has 1 fully saturated rings. The minimum absolute atomic E-state index is 0.0123. The maximum atomic E-state index is 12.8. The lowest BCUT2D eigenvalue weighted by Crippen LogP contribution is -2.17. The van der Waals surface area contributed by atoms with E-state index in [0.717, 1.165) is 11.1 Å². The van der Waals surface area contributed by atoms with Crippen molar-refractivity contribution in [3.63, 3.8) is 0 Å². The van der Waals surface area contributed by atoms with Crippen LogP contribution in [0.1, 0.15) is 28.5 Å². The van der Waals surface area contributed by atoms with Crippen LogP contribution in [-0.4, -0.2) is 47.7 Å². The van der Waals surface area contributed by atoms with Crippen LogP contribution in [0.4, 0.5) is 5.82 Å². The van der Waals surface area contributed by atoms with Gasteiger partial charge in [0.2, 0.25) is 0 Å². The van der Waals surface area contributed by atoms with Gasteiger partial charge in [-0.1, -0.05) is 6.07 Å². The number of aromatic nitrogens is 3. The fourth-order valence-electron chi connectivity index (χ4n) is 3.45. The van der Waals surface area contributed by atoms with Crippen LogP contribution < -0.4 is 10.1 Å². The smallest absolute Gasteiger partial charge is 0.277 e. The van der Waals surface area contributed by atoms with Crippen LogP contribution >= 0.6 is 0 Å². The van der Waals surface area contributed by atoms with E-state index in [2.05, 4.69) is 15.4 Å². The molecule has 0 aliphatic carbocycles. The lowest BCUT2D eigenvalue weighted by atomic mass is 10.1. The Labute approximate surface area is 174 Å². The molecule has 0 spiro atoms. The maximum Gasteiger partial charge on any atom is 0.277 e. The van der Waals surface area contributed by atoms with Crippen molar-refractivity contribution in [1.29, 1.82) is 0 Å². The van der Waals surface area contributed by atoms with Gasteiger partial charge in [-0.25, -0.2) is 13.4 Å². The molecule has 1 amide bonds. The molecule has 1 N–H and O–H groups in total. The van der Waals surface area contributed by atoms with Crippen molar-refractivity contribution in [1.82, 2.24) is 14.8 Å². The Bertz CT molecular complexity index is 1170. The molecule has 1 atom stereocenters. The van der Waals surface area contributed by atoms with Gasteiger partial charge in [0.25, 0.3) is 5.91 Å². The van der Waals surface area contributed by atoms with E-state index in [-0.39, 0.29) is 23.2 Å². The number of nitrogens with one attached hydrogen (secondary N) is 1. The molecule has 1 aromatic carbocycles. The molecule has 0 bridgehead atoms. The Morgan fingerprint density at radius 1 is 1.20 bits per heavy atom. The molecule has 8 nitrogen and oxygen atoms in total. The Morgan fingerprint density at radius 3 is 2.57 bits per heavy atom. The number of aryl methyl sites for hydroxylation is 1. The number of pyridine rings is 1. The molecule has 0 radical (unpaired) electrons. The van der Waals surface area contributed by atoms with Gasteiger partial charge in [-0.2, -0.15) is 5.10 Å². The summed E-state index contributed by atoms with van der Waals surface area (Å²) in [6.07, 6.45) is 2.13. The Hall–Kier alpha value is -3.20. The zero-order valence-corrected chi connectivity index (χ0v) is 17.5. The van der Waals surface area contributed by atoms with Gasteiger partial charge in [-0.05, 0) is 55.3 Å². The lowest BCUT2D eigenvalue weighted by Gasteiger charge is -2.13. The van der Waals surface area contributed by atoms with E-state index in [0.29, 0.717) is 23.7 Å². The van der Waals surface area contributed by atoms with E-state index in [1.165, 1.54) is 0 Å². The zero-order valence-electron chi connectivity index (χ0n) is 16.7. The number of ether oxygens (including phenoxy) is 1. The largest absolute Gasteiger partial charge is 0.497 e. The molecular formula is C21H22N4O4S. The summed E-state index contributed by atoms with van der Waals surface area (Å²) in [5, 5.41) is 7.21. The van der Waals surface area contributed by atoms with Gasteiger partial charge < -0.3 is 10.1 Å². The van der Waals surface area contributed by atoms with Crippen molar-refractivity contribution >= 4 is 21.6 Å². The Balaban J connectivity index is 1.69. The van der Waals surface area contributed by atoms with Crippen molar-refractivity contribution < 1.29 is 17.9 Å². The number of rotatable bonds is 5. The van der Waals surface area contributed by atoms with Crippen LogP contribution in [-0.2, 0) is 9.84 Å². The van der Waals surface area contributed by atoms with E-state index in [4.69, 9.17) is 4.74 Å². The number of hydrogen-bond donors (Lipinski definition) is 1. The monoisotopic (exact) mass is 426 g/mol. The Morgan fingerprint density at radius 2 is 1.97 bits per heavy atom. The first-order valence-electron chi connectivity index (χ1n) is 9.53. The normalized spacial score (nSPS) is 17.6. The molecule has 0 unspecified atom stereocenters. The van der Waals surface area contributed by atoms with Crippen LogP contribution in [0.3, 0.4) is 0 Å². The molecule has 30 heavy (non-hydrogen) atoms. The van der Waals surface area contributed by atoms with E-state index >= 15 is 0 Å². The number of methoxy groups -OCH3 is 1. The molecule has 1 saturated heterocycles. The van der Waals surface area contributed by atoms with E-state index in [1.807, 2.05) is 37.3 Å². The molecule has 3 aromatic rings. The van der Waals surface area contributed by atoms with Gasteiger partial charge in [-0.15, -0.1) is 0 Å². The summed E-state index contributed by atoms with van der Waals surface area (Å²) in [6, 6.07) is 12.3. The number of benzene rings is 1. The number of sulfone groups is 1. The highest BCUT2D eigenvalue weighted by molar-refractivity contribution is 7.91. The first kappa shape index (κ1) is 20.1. The van der Waals surface area contributed by atoms with Crippen LogP contribution in [0.5, 0.6) is 5.75 Å². The molecule has 0 saturated carbocycles. The quantitative estimate of drug-likeness (QED) is 0.673. The molecule has 9 heteroatoms. The third kappa shape index (κ3) is 4.20. The highest BCUT2D eigenvalue weighted by Gasteiger charge is 2.32.